The first-order valence-electron chi connectivity index (χ1n) is 5.02. The summed E-state index contributed by atoms with van der Waals surface area (Å²) < 4.78 is 13.0. The molecule has 0 aromatic heterocycles. The summed E-state index contributed by atoms with van der Waals surface area (Å²) in [4.78, 5) is 11.7. The zero-order chi connectivity index (χ0) is 12.3. The minimum absolute atomic E-state index is 0.0890. The summed E-state index contributed by atoms with van der Waals surface area (Å²) in [6.45, 7) is 0. The molecule has 2 aromatic carbocycles. The lowest BCUT2D eigenvalue weighted by molar-refractivity contribution is 0.102. The zero-order valence-corrected chi connectivity index (χ0v) is 8.85. The molecule has 0 fully saturated rings. The highest BCUT2D eigenvalue weighted by molar-refractivity contribution is 6.06. The molecule has 2 rings (SSSR count). The first kappa shape index (κ1) is 11.1. The van der Waals surface area contributed by atoms with Gasteiger partial charge in [0.05, 0.1) is 5.56 Å². The van der Waals surface area contributed by atoms with Crippen LogP contribution in [-0.4, -0.2) is 11.0 Å². The summed E-state index contributed by atoms with van der Waals surface area (Å²) in [5, 5.41) is 12.0. The molecule has 2 N–H and O–H groups in total. The van der Waals surface area contributed by atoms with Crippen LogP contribution in [0.1, 0.15) is 10.4 Å². The second-order valence-electron chi connectivity index (χ2n) is 3.48. The average molecular weight is 231 g/mol. The molecule has 3 nitrogen and oxygen atoms in total. The SMILES string of the molecule is O=C(Nc1ccccc1)c1cc(F)ccc1O. The number of aromatic hydroxyl groups is 1. The molecule has 17 heavy (non-hydrogen) atoms. The normalized spacial score (nSPS) is 9.94. The van der Waals surface area contributed by atoms with Crippen molar-refractivity contribution < 1.29 is 14.3 Å². The molecule has 0 heterocycles. The van der Waals surface area contributed by atoms with Gasteiger partial charge in [-0.05, 0) is 30.3 Å². The van der Waals surface area contributed by atoms with Crippen molar-refractivity contribution in [2.75, 3.05) is 5.32 Å². The van der Waals surface area contributed by atoms with E-state index in [0.29, 0.717) is 5.69 Å². The summed E-state index contributed by atoms with van der Waals surface area (Å²) in [6, 6.07) is 12.0. The van der Waals surface area contributed by atoms with Crippen molar-refractivity contribution in [1.82, 2.24) is 0 Å². The lowest BCUT2D eigenvalue weighted by atomic mass is 10.1. The third kappa shape index (κ3) is 2.60. The number of hydrogen-bond acceptors (Lipinski definition) is 2. The molecule has 4 heteroatoms. The van der Waals surface area contributed by atoms with Crippen molar-refractivity contribution in [2.45, 2.75) is 0 Å². The van der Waals surface area contributed by atoms with E-state index in [1.54, 1.807) is 24.3 Å². The first-order valence-corrected chi connectivity index (χ1v) is 5.02. The molecule has 1 amide bonds. The van der Waals surface area contributed by atoms with Gasteiger partial charge in [-0.15, -0.1) is 0 Å². The largest absolute Gasteiger partial charge is 0.507 e. The van der Waals surface area contributed by atoms with E-state index in [1.165, 1.54) is 0 Å². The van der Waals surface area contributed by atoms with Crippen LogP contribution in [0, 0.1) is 5.82 Å². The van der Waals surface area contributed by atoms with Gasteiger partial charge in [0, 0.05) is 5.69 Å². The van der Waals surface area contributed by atoms with Crippen molar-refractivity contribution in [3.63, 3.8) is 0 Å². The molecule has 0 saturated carbocycles. The number of carbonyl (C=O) groups is 1. The minimum atomic E-state index is -0.569. The molecular weight excluding hydrogens is 221 g/mol. The summed E-state index contributed by atoms with van der Waals surface area (Å²) in [5.74, 6) is -1.37. The fourth-order valence-electron chi connectivity index (χ4n) is 1.41. The Kier molecular flexibility index (Phi) is 3.05. The number of nitrogens with one attached hydrogen (secondary N) is 1. The van der Waals surface area contributed by atoms with Gasteiger partial charge in [0.15, 0.2) is 0 Å². The Balaban J connectivity index is 2.23. The molecule has 0 unspecified atom stereocenters. The lowest BCUT2D eigenvalue weighted by Gasteiger charge is -2.06. The third-order valence-electron chi connectivity index (χ3n) is 2.23. The highest BCUT2D eigenvalue weighted by Gasteiger charge is 2.12. The zero-order valence-electron chi connectivity index (χ0n) is 8.85. The van der Waals surface area contributed by atoms with Gasteiger partial charge in [0.25, 0.3) is 5.91 Å². The average Bonchev–Trinajstić information content (AvgIpc) is 2.33. The number of anilines is 1. The molecule has 0 spiro atoms. The van der Waals surface area contributed by atoms with Gasteiger partial charge in [0.2, 0.25) is 0 Å². The highest BCUT2D eigenvalue weighted by atomic mass is 19.1. The van der Waals surface area contributed by atoms with Crippen LogP contribution >= 0.6 is 0 Å². The maximum Gasteiger partial charge on any atom is 0.259 e. The smallest absolute Gasteiger partial charge is 0.259 e. The Morgan fingerprint density at radius 3 is 2.53 bits per heavy atom. The number of carbonyl (C=O) groups excluding carboxylic acids is 1. The molecule has 2 aromatic rings. The molecule has 0 radical (unpaired) electrons. The molecule has 0 aliphatic carbocycles. The number of hydrogen-bond donors (Lipinski definition) is 2. The molecule has 0 aliphatic heterocycles. The van der Waals surface area contributed by atoms with E-state index in [1.807, 2.05) is 6.07 Å². The Labute approximate surface area is 97.5 Å². The number of benzene rings is 2. The summed E-state index contributed by atoms with van der Waals surface area (Å²) in [6.07, 6.45) is 0. The van der Waals surface area contributed by atoms with Gasteiger partial charge in [-0.3, -0.25) is 4.79 Å². The lowest BCUT2D eigenvalue weighted by Crippen LogP contribution is -2.12. The number of halogens is 1. The number of amides is 1. The summed E-state index contributed by atoms with van der Waals surface area (Å²) in [7, 11) is 0. The van der Waals surface area contributed by atoms with Crippen LogP contribution in [0.2, 0.25) is 0 Å². The number of para-hydroxylation sites is 1. The highest BCUT2D eigenvalue weighted by Crippen LogP contribution is 2.19. The van der Waals surface area contributed by atoms with E-state index >= 15 is 0 Å². The van der Waals surface area contributed by atoms with Gasteiger partial charge >= 0.3 is 0 Å². The fraction of sp³-hybridized carbons (Fsp3) is 0. The minimum Gasteiger partial charge on any atom is -0.507 e. The maximum absolute atomic E-state index is 13.0. The van der Waals surface area contributed by atoms with Crippen LogP contribution in [0.25, 0.3) is 0 Å². The van der Waals surface area contributed by atoms with Gasteiger partial charge in [-0.2, -0.15) is 0 Å². The Hall–Kier alpha value is -2.36. The van der Waals surface area contributed by atoms with E-state index in [9.17, 15) is 14.3 Å². The second kappa shape index (κ2) is 4.65. The van der Waals surface area contributed by atoms with Crippen molar-refractivity contribution in [3.8, 4) is 5.75 Å². The van der Waals surface area contributed by atoms with Crippen molar-refractivity contribution in [2.24, 2.45) is 0 Å². The monoisotopic (exact) mass is 231 g/mol. The quantitative estimate of drug-likeness (QED) is 0.834. The first-order chi connectivity index (χ1) is 8.16. The van der Waals surface area contributed by atoms with Gasteiger partial charge < -0.3 is 10.4 Å². The maximum atomic E-state index is 13.0. The van der Waals surface area contributed by atoms with Crippen LogP contribution in [0.15, 0.2) is 48.5 Å². The molecule has 0 atom stereocenters. The summed E-state index contributed by atoms with van der Waals surface area (Å²) >= 11 is 0. The standard InChI is InChI=1S/C13H10FNO2/c14-9-6-7-12(16)11(8-9)13(17)15-10-4-2-1-3-5-10/h1-8,16H,(H,15,17). The fourth-order valence-corrected chi connectivity index (χ4v) is 1.41. The van der Waals surface area contributed by atoms with Crippen LogP contribution in [0.5, 0.6) is 5.75 Å². The van der Waals surface area contributed by atoms with E-state index < -0.39 is 11.7 Å². The van der Waals surface area contributed by atoms with Gasteiger partial charge in [0.1, 0.15) is 11.6 Å². The van der Waals surface area contributed by atoms with Crippen molar-refractivity contribution >= 4 is 11.6 Å². The number of rotatable bonds is 2. The predicted molar refractivity (Wildman–Crippen MR) is 62.5 cm³/mol. The van der Waals surface area contributed by atoms with Crippen LogP contribution in [0.3, 0.4) is 0 Å². The number of phenolic OH excluding ortho intramolecular Hbond substituents is 1. The van der Waals surface area contributed by atoms with Crippen LogP contribution < -0.4 is 5.32 Å². The molecule has 0 aliphatic rings. The Morgan fingerprint density at radius 2 is 1.82 bits per heavy atom. The van der Waals surface area contributed by atoms with E-state index in [2.05, 4.69) is 5.32 Å². The van der Waals surface area contributed by atoms with E-state index in [-0.39, 0.29) is 11.3 Å². The Bertz CT molecular complexity index is 540. The van der Waals surface area contributed by atoms with Crippen molar-refractivity contribution in [3.05, 3.63) is 59.9 Å². The van der Waals surface area contributed by atoms with Gasteiger partial charge in [-0.1, -0.05) is 18.2 Å². The molecule has 0 bridgehead atoms. The molecular formula is C13H10FNO2. The predicted octanol–water partition coefficient (Wildman–Crippen LogP) is 2.78. The summed E-state index contributed by atoms with van der Waals surface area (Å²) in [5.41, 5.74) is 0.495. The topological polar surface area (TPSA) is 49.3 Å². The van der Waals surface area contributed by atoms with Crippen molar-refractivity contribution in [1.29, 1.82) is 0 Å². The van der Waals surface area contributed by atoms with Crippen LogP contribution in [0.4, 0.5) is 10.1 Å². The molecule has 0 saturated heterocycles. The number of phenols is 1. The van der Waals surface area contributed by atoms with E-state index in [4.69, 9.17) is 0 Å². The Morgan fingerprint density at radius 1 is 1.12 bits per heavy atom. The van der Waals surface area contributed by atoms with Crippen LogP contribution in [-0.2, 0) is 0 Å². The molecule has 86 valence electrons. The van der Waals surface area contributed by atoms with E-state index in [0.717, 1.165) is 18.2 Å². The van der Waals surface area contributed by atoms with Gasteiger partial charge in [-0.25, -0.2) is 4.39 Å². The second-order valence-corrected chi connectivity index (χ2v) is 3.48. The third-order valence-corrected chi connectivity index (χ3v) is 2.23.